The predicted octanol–water partition coefficient (Wildman–Crippen LogP) is 1.85. The molecule has 0 N–H and O–H groups in total. The molecular formula is C9H11N3. The Morgan fingerprint density at radius 2 is 2.17 bits per heavy atom. The highest BCUT2D eigenvalue weighted by atomic mass is 15.2. The van der Waals surface area contributed by atoms with Gasteiger partial charge in [-0.25, -0.2) is 0 Å². The van der Waals surface area contributed by atoms with Gasteiger partial charge in [0.2, 0.25) is 0 Å². The highest BCUT2D eigenvalue weighted by Crippen LogP contribution is 2.14. The summed E-state index contributed by atoms with van der Waals surface area (Å²) in [5.41, 5.74) is 2.17. The Bertz CT molecular complexity index is 389. The SMILES string of the molecule is CC(C)c1cccc2nncn12. The van der Waals surface area contributed by atoms with Crippen molar-refractivity contribution in [3.63, 3.8) is 0 Å². The number of hydrogen-bond acceptors (Lipinski definition) is 2. The van der Waals surface area contributed by atoms with Gasteiger partial charge in [0, 0.05) is 5.69 Å². The molecule has 3 heteroatoms. The Morgan fingerprint density at radius 3 is 2.92 bits per heavy atom. The molecular weight excluding hydrogens is 150 g/mol. The van der Waals surface area contributed by atoms with E-state index < -0.39 is 0 Å². The van der Waals surface area contributed by atoms with E-state index in [4.69, 9.17) is 0 Å². The van der Waals surface area contributed by atoms with E-state index >= 15 is 0 Å². The molecule has 0 saturated carbocycles. The molecule has 2 aromatic heterocycles. The first-order chi connectivity index (χ1) is 5.79. The third kappa shape index (κ3) is 0.978. The van der Waals surface area contributed by atoms with Crippen LogP contribution in [0.5, 0.6) is 0 Å². The highest BCUT2D eigenvalue weighted by Gasteiger charge is 2.03. The van der Waals surface area contributed by atoms with Crippen LogP contribution in [0.3, 0.4) is 0 Å². The summed E-state index contributed by atoms with van der Waals surface area (Å²) >= 11 is 0. The Hall–Kier alpha value is -1.38. The fraction of sp³-hybridized carbons (Fsp3) is 0.333. The van der Waals surface area contributed by atoms with Gasteiger partial charge in [-0.3, -0.25) is 4.40 Å². The predicted molar refractivity (Wildman–Crippen MR) is 47.1 cm³/mol. The summed E-state index contributed by atoms with van der Waals surface area (Å²) in [4.78, 5) is 0. The first-order valence-corrected chi connectivity index (χ1v) is 4.07. The van der Waals surface area contributed by atoms with Crippen molar-refractivity contribution in [3.05, 3.63) is 30.2 Å². The maximum Gasteiger partial charge on any atom is 0.160 e. The molecule has 0 atom stereocenters. The summed E-state index contributed by atoms with van der Waals surface area (Å²) in [6.07, 6.45) is 1.75. The van der Waals surface area contributed by atoms with Gasteiger partial charge in [-0.1, -0.05) is 19.9 Å². The van der Waals surface area contributed by atoms with E-state index in [9.17, 15) is 0 Å². The van der Waals surface area contributed by atoms with Crippen molar-refractivity contribution in [3.8, 4) is 0 Å². The highest BCUT2D eigenvalue weighted by molar-refractivity contribution is 5.38. The molecule has 0 bridgehead atoms. The Balaban J connectivity index is 2.73. The zero-order valence-electron chi connectivity index (χ0n) is 7.23. The molecule has 2 heterocycles. The Labute approximate surface area is 71.1 Å². The topological polar surface area (TPSA) is 30.2 Å². The number of rotatable bonds is 1. The van der Waals surface area contributed by atoms with E-state index in [0.717, 1.165) is 5.65 Å². The molecule has 0 aliphatic rings. The summed E-state index contributed by atoms with van der Waals surface area (Å²) in [6, 6.07) is 6.07. The van der Waals surface area contributed by atoms with Crippen molar-refractivity contribution in [1.82, 2.24) is 14.6 Å². The van der Waals surface area contributed by atoms with Crippen LogP contribution in [0.4, 0.5) is 0 Å². The zero-order chi connectivity index (χ0) is 8.55. The first kappa shape index (κ1) is 7.28. The fourth-order valence-electron chi connectivity index (χ4n) is 1.34. The van der Waals surface area contributed by atoms with Gasteiger partial charge in [-0.05, 0) is 18.1 Å². The largest absolute Gasteiger partial charge is 0.286 e. The molecule has 0 saturated heterocycles. The summed E-state index contributed by atoms with van der Waals surface area (Å²) < 4.78 is 2.02. The third-order valence-corrected chi connectivity index (χ3v) is 1.96. The van der Waals surface area contributed by atoms with Crippen molar-refractivity contribution >= 4 is 5.65 Å². The molecule has 12 heavy (non-hydrogen) atoms. The van der Waals surface area contributed by atoms with Crippen LogP contribution in [-0.2, 0) is 0 Å². The Morgan fingerprint density at radius 1 is 1.33 bits per heavy atom. The molecule has 62 valence electrons. The molecule has 0 aliphatic carbocycles. The van der Waals surface area contributed by atoms with Gasteiger partial charge in [0.05, 0.1) is 0 Å². The monoisotopic (exact) mass is 161 g/mol. The average molecular weight is 161 g/mol. The quantitative estimate of drug-likeness (QED) is 0.639. The van der Waals surface area contributed by atoms with Crippen LogP contribution >= 0.6 is 0 Å². The minimum Gasteiger partial charge on any atom is -0.286 e. The van der Waals surface area contributed by atoms with E-state index in [0.29, 0.717) is 5.92 Å². The number of pyridine rings is 1. The second kappa shape index (κ2) is 2.59. The molecule has 2 aromatic rings. The number of aromatic nitrogens is 3. The van der Waals surface area contributed by atoms with Gasteiger partial charge in [-0.15, -0.1) is 10.2 Å². The number of hydrogen-bond donors (Lipinski definition) is 0. The fourth-order valence-corrected chi connectivity index (χ4v) is 1.34. The maximum atomic E-state index is 3.97. The summed E-state index contributed by atoms with van der Waals surface area (Å²) in [5.74, 6) is 0.504. The molecule has 0 aromatic carbocycles. The lowest BCUT2D eigenvalue weighted by atomic mass is 10.1. The summed E-state index contributed by atoms with van der Waals surface area (Å²) in [7, 11) is 0. The van der Waals surface area contributed by atoms with Gasteiger partial charge in [0.15, 0.2) is 5.65 Å². The minimum absolute atomic E-state index is 0.504. The lowest BCUT2D eigenvalue weighted by Gasteiger charge is -2.06. The normalized spacial score (nSPS) is 11.2. The molecule has 0 radical (unpaired) electrons. The van der Waals surface area contributed by atoms with Gasteiger partial charge < -0.3 is 0 Å². The zero-order valence-corrected chi connectivity index (χ0v) is 7.23. The van der Waals surface area contributed by atoms with Crippen LogP contribution < -0.4 is 0 Å². The third-order valence-electron chi connectivity index (χ3n) is 1.96. The maximum absolute atomic E-state index is 3.97. The van der Waals surface area contributed by atoms with Gasteiger partial charge in [0.1, 0.15) is 6.33 Å². The van der Waals surface area contributed by atoms with Crippen LogP contribution in [0.25, 0.3) is 5.65 Å². The number of nitrogens with zero attached hydrogens (tertiary/aromatic N) is 3. The molecule has 0 amide bonds. The van der Waals surface area contributed by atoms with Crippen LogP contribution in [0.15, 0.2) is 24.5 Å². The molecule has 0 spiro atoms. The smallest absolute Gasteiger partial charge is 0.160 e. The van der Waals surface area contributed by atoms with E-state index in [1.54, 1.807) is 6.33 Å². The second-order valence-electron chi connectivity index (χ2n) is 3.16. The first-order valence-electron chi connectivity index (χ1n) is 4.07. The standard InChI is InChI=1S/C9H11N3/c1-7(2)8-4-3-5-9-11-10-6-12(8)9/h3-7H,1-2H3. The molecule has 0 unspecified atom stereocenters. The van der Waals surface area contributed by atoms with Gasteiger partial charge in [-0.2, -0.15) is 0 Å². The van der Waals surface area contributed by atoms with Crippen LogP contribution in [0.1, 0.15) is 25.5 Å². The molecule has 0 fully saturated rings. The van der Waals surface area contributed by atoms with Crippen molar-refractivity contribution in [2.24, 2.45) is 0 Å². The number of fused-ring (bicyclic) bond motifs is 1. The average Bonchev–Trinajstić information content (AvgIpc) is 2.49. The van der Waals surface area contributed by atoms with Crippen molar-refractivity contribution in [2.45, 2.75) is 19.8 Å². The molecule has 0 aliphatic heterocycles. The Kier molecular flexibility index (Phi) is 1.57. The summed E-state index contributed by atoms with van der Waals surface area (Å²) in [6.45, 7) is 4.32. The van der Waals surface area contributed by atoms with Crippen molar-refractivity contribution in [1.29, 1.82) is 0 Å². The van der Waals surface area contributed by atoms with E-state index in [2.05, 4.69) is 30.1 Å². The lowest BCUT2D eigenvalue weighted by molar-refractivity contribution is 0.799. The van der Waals surface area contributed by atoms with E-state index in [-0.39, 0.29) is 0 Å². The van der Waals surface area contributed by atoms with Crippen LogP contribution in [0, 0.1) is 0 Å². The van der Waals surface area contributed by atoms with Crippen molar-refractivity contribution in [2.75, 3.05) is 0 Å². The van der Waals surface area contributed by atoms with E-state index in [1.807, 2.05) is 16.5 Å². The van der Waals surface area contributed by atoms with Crippen molar-refractivity contribution < 1.29 is 0 Å². The summed E-state index contributed by atoms with van der Waals surface area (Å²) in [5, 5.41) is 7.83. The molecule has 3 nitrogen and oxygen atoms in total. The minimum atomic E-state index is 0.504. The van der Waals surface area contributed by atoms with Gasteiger partial charge in [0.25, 0.3) is 0 Å². The second-order valence-corrected chi connectivity index (χ2v) is 3.16. The molecule has 2 rings (SSSR count). The lowest BCUT2D eigenvalue weighted by Crippen LogP contribution is -1.96. The van der Waals surface area contributed by atoms with E-state index in [1.165, 1.54) is 5.69 Å². The van der Waals surface area contributed by atoms with Gasteiger partial charge >= 0.3 is 0 Å². The van der Waals surface area contributed by atoms with Crippen LogP contribution in [0.2, 0.25) is 0 Å². The van der Waals surface area contributed by atoms with Crippen LogP contribution in [-0.4, -0.2) is 14.6 Å².